The number of alkyl carbamates (subject to hydrolysis) is 1. The Morgan fingerprint density at radius 3 is 2.37 bits per heavy atom. The van der Waals surface area contributed by atoms with E-state index >= 15 is 0 Å². The molecule has 2 N–H and O–H groups in total. The molecule has 1 saturated heterocycles. The number of fused-ring (bicyclic) bond motifs is 4. The van der Waals surface area contributed by atoms with Crippen LogP contribution < -0.4 is 5.32 Å². The summed E-state index contributed by atoms with van der Waals surface area (Å²) in [4.78, 5) is 39.3. The minimum Gasteiger partial charge on any atom is -0.481 e. The topological polar surface area (TPSA) is 95.9 Å². The van der Waals surface area contributed by atoms with Crippen molar-refractivity contribution in [3.05, 3.63) is 59.7 Å². The minimum absolute atomic E-state index is 0.0373. The molecule has 1 heterocycles. The maximum absolute atomic E-state index is 13.4. The van der Waals surface area contributed by atoms with Crippen molar-refractivity contribution in [3.63, 3.8) is 0 Å². The van der Waals surface area contributed by atoms with Crippen LogP contribution in [0.1, 0.15) is 62.5 Å². The van der Waals surface area contributed by atoms with E-state index in [9.17, 15) is 19.5 Å². The van der Waals surface area contributed by atoms with Crippen LogP contribution in [0.3, 0.4) is 0 Å². The number of hydrogen-bond acceptors (Lipinski definition) is 4. The highest BCUT2D eigenvalue weighted by molar-refractivity contribution is 5.87. The molecule has 2 aromatic carbocycles. The van der Waals surface area contributed by atoms with Crippen molar-refractivity contribution in [3.8, 4) is 11.1 Å². The zero-order valence-electron chi connectivity index (χ0n) is 20.0. The Morgan fingerprint density at radius 2 is 1.74 bits per heavy atom. The zero-order valence-corrected chi connectivity index (χ0v) is 20.0. The Morgan fingerprint density at radius 1 is 1.09 bits per heavy atom. The molecule has 7 heteroatoms. The van der Waals surface area contributed by atoms with Crippen LogP contribution in [0.5, 0.6) is 0 Å². The Kier molecular flexibility index (Phi) is 6.26. The Labute approximate surface area is 205 Å². The summed E-state index contributed by atoms with van der Waals surface area (Å²) in [6.45, 7) is 2.92. The quantitative estimate of drug-likeness (QED) is 0.611. The van der Waals surface area contributed by atoms with Crippen molar-refractivity contribution in [1.29, 1.82) is 0 Å². The summed E-state index contributed by atoms with van der Waals surface area (Å²) in [6.07, 6.45) is 3.46. The number of carboxylic acids is 1. The summed E-state index contributed by atoms with van der Waals surface area (Å²) >= 11 is 0. The number of nitrogens with one attached hydrogen (secondary N) is 1. The first kappa shape index (κ1) is 23.4. The molecule has 35 heavy (non-hydrogen) atoms. The number of benzene rings is 2. The number of amides is 2. The van der Waals surface area contributed by atoms with Crippen LogP contribution in [0.4, 0.5) is 4.79 Å². The van der Waals surface area contributed by atoms with E-state index < -0.39 is 18.1 Å². The first-order valence-electron chi connectivity index (χ1n) is 12.5. The Balaban J connectivity index is 1.26. The average molecular weight is 477 g/mol. The second-order valence-corrected chi connectivity index (χ2v) is 10.2. The second-order valence-electron chi connectivity index (χ2n) is 10.2. The lowest BCUT2D eigenvalue weighted by Crippen LogP contribution is -2.70. The number of nitrogens with zero attached hydrogens (tertiary/aromatic N) is 1. The van der Waals surface area contributed by atoms with E-state index in [2.05, 4.69) is 24.4 Å². The lowest BCUT2D eigenvalue weighted by atomic mass is 9.66. The standard InChI is InChI=1S/C28H32N2O5/c1-28-15-7-6-8-18(28)16-30(28)26(33)24(13-14-25(31)32)29-27(34)35-17-23-21-11-4-2-9-19(21)20-10-3-5-12-22(20)23/h2-5,9-12,18,23-24H,6-8,13-17H2,1H3,(H,29,34)(H,31,32). The zero-order chi connectivity index (χ0) is 24.6. The molecule has 0 spiro atoms. The number of rotatable bonds is 7. The van der Waals surface area contributed by atoms with Crippen molar-refractivity contribution >= 4 is 18.0 Å². The molecule has 2 fully saturated rings. The molecule has 7 nitrogen and oxygen atoms in total. The van der Waals surface area contributed by atoms with E-state index in [1.165, 1.54) is 6.42 Å². The van der Waals surface area contributed by atoms with E-state index in [4.69, 9.17) is 4.74 Å². The van der Waals surface area contributed by atoms with Gasteiger partial charge in [0.25, 0.3) is 0 Å². The van der Waals surface area contributed by atoms with Crippen LogP contribution in [-0.2, 0) is 14.3 Å². The van der Waals surface area contributed by atoms with Crippen LogP contribution in [0.15, 0.2) is 48.5 Å². The lowest BCUT2D eigenvalue weighted by molar-refractivity contribution is -0.163. The Hall–Kier alpha value is -3.35. The predicted molar refractivity (Wildman–Crippen MR) is 131 cm³/mol. The minimum atomic E-state index is -0.998. The molecule has 1 aliphatic heterocycles. The van der Waals surface area contributed by atoms with Crippen LogP contribution in [0, 0.1) is 5.92 Å². The number of carboxylic acid groups (broad SMARTS) is 1. The van der Waals surface area contributed by atoms with Crippen LogP contribution in [0.2, 0.25) is 0 Å². The maximum Gasteiger partial charge on any atom is 0.407 e. The SMILES string of the molecule is CC12CCCCC1CN2C(=O)C(CCC(=O)O)NC(=O)OCC1c2ccccc2-c2ccccc21. The van der Waals surface area contributed by atoms with Crippen LogP contribution in [-0.4, -0.2) is 52.7 Å². The van der Waals surface area contributed by atoms with Gasteiger partial charge < -0.3 is 20.1 Å². The highest BCUT2D eigenvalue weighted by Crippen LogP contribution is 2.47. The smallest absolute Gasteiger partial charge is 0.407 e. The molecule has 3 aliphatic rings. The fourth-order valence-corrected chi connectivity index (χ4v) is 6.19. The highest BCUT2D eigenvalue weighted by atomic mass is 16.5. The van der Waals surface area contributed by atoms with E-state index in [0.29, 0.717) is 12.5 Å². The van der Waals surface area contributed by atoms with Crippen molar-refractivity contribution in [1.82, 2.24) is 10.2 Å². The normalized spacial score (nSPS) is 23.3. The Bertz CT molecular complexity index is 1100. The first-order chi connectivity index (χ1) is 16.9. The number of carbonyl (C=O) groups is 3. The van der Waals surface area contributed by atoms with Gasteiger partial charge in [0.15, 0.2) is 0 Å². The molecular weight excluding hydrogens is 444 g/mol. The van der Waals surface area contributed by atoms with E-state index in [1.54, 1.807) is 0 Å². The molecule has 2 aromatic rings. The summed E-state index contributed by atoms with van der Waals surface area (Å²) in [6, 6.07) is 15.3. The van der Waals surface area contributed by atoms with Gasteiger partial charge in [-0.05, 0) is 54.4 Å². The van der Waals surface area contributed by atoms with Crippen LogP contribution >= 0.6 is 0 Å². The summed E-state index contributed by atoms with van der Waals surface area (Å²) in [5.41, 5.74) is 4.30. The number of likely N-dealkylation sites (tertiary alicyclic amines) is 1. The van der Waals surface area contributed by atoms with E-state index in [1.807, 2.05) is 41.3 Å². The van der Waals surface area contributed by atoms with Gasteiger partial charge in [0.2, 0.25) is 5.91 Å². The van der Waals surface area contributed by atoms with Crippen LogP contribution in [0.25, 0.3) is 11.1 Å². The van der Waals surface area contributed by atoms with Gasteiger partial charge >= 0.3 is 12.1 Å². The van der Waals surface area contributed by atoms with E-state index in [0.717, 1.165) is 41.5 Å². The molecule has 0 bridgehead atoms. The van der Waals surface area contributed by atoms with Gasteiger partial charge in [0, 0.05) is 24.4 Å². The van der Waals surface area contributed by atoms with Gasteiger partial charge in [-0.3, -0.25) is 9.59 Å². The summed E-state index contributed by atoms with van der Waals surface area (Å²) < 4.78 is 5.62. The van der Waals surface area contributed by atoms with Gasteiger partial charge in [-0.1, -0.05) is 61.4 Å². The fourth-order valence-electron chi connectivity index (χ4n) is 6.19. The third kappa shape index (κ3) is 4.28. The summed E-state index contributed by atoms with van der Waals surface area (Å²) in [7, 11) is 0. The molecule has 184 valence electrons. The van der Waals surface area contributed by atoms with Crippen molar-refractivity contribution in [2.45, 2.75) is 62.9 Å². The molecule has 0 aromatic heterocycles. The predicted octanol–water partition coefficient (Wildman–Crippen LogP) is 4.55. The van der Waals surface area contributed by atoms with Gasteiger partial charge in [0.1, 0.15) is 12.6 Å². The molecule has 0 radical (unpaired) electrons. The number of ether oxygens (including phenoxy) is 1. The third-order valence-electron chi connectivity index (χ3n) is 8.23. The number of hydrogen-bond donors (Lipinski definition) is 2. The highest BCUT2D eigenvalue weighted by Gasteiger charge is 2.53. The largest absolute Gasteiger partial charge is 0.481 e. The van der Waals surface area contributed by atoms with E-state index in [-0.39, 0.29) is 36.8 Å². The lowest BCUT2D eigenvalue weighted by Gasteiger charge is -2.60. The van der Waals surface area contributed by atoms with Crippen molar-refractivity contribution in [2.24, 2.45) is 5.92 Å². The molecule has 5 rings (SSSR count). The maximum atomic E-state index is 13.4. The summed E-state index contributed by atoms with van der Waals surface area (Å²) in [5, 5.41) is 11.9. The molecular formula is C28H32N2O5. The molecule has 2 aliphatic carbocycles. The number of aliphatic carboxylic acids is 1. The molecule has 3 atom stereocenters. The second kappa shape index (κ2) is 9.36. The van der Waals surface area contributed by atoms with Crippen molar-refractivity contribution < 1.29 is 24.2 Å². The fraction of sp³-hybridized carbons (Fsp3) is 0.464. The average Bonchev–Trinajstić information content (AvgIpc) is 3.16. The van der Waals surface area contributed by atoms with Gasteiger partial charge in [-0.25, -0.2) is 4.79 Å². The van der Waals surface area contributed by atoms with Crippen molar-refractivity contribution in [2.75, 3.05) is 13.2 Å². The molecule has 3 unspecified atom stereocenters. The van der Waals surface area contributed by atoms with Gasteiger partial charge in [-0.15, -0.1) is 0 Å². The number of carbonyl (C=O) groups excluding carboxylic acids is 2. The van der Waals surface area contributed by atoms with Gasteiger partial charge in [0.05, 0.1) is 0 Å². The first-order valence-corrected chi connectivity index (χ1v) is 12.5. The monoisotopic (exact) mass is 476 g/mol. The molecule has 1 saturated carbocycles. The molecule has 2 amide bonds. The van der Waals surface area contributed by atoms with Gasteiger partial charge in [-0.2, -0.15) is 0 Å². The third-order valence-corrected chi connectivity index (χ3v) is 8.23. The summed E-state index contributed by atoms with van der Waals surface area (Å²) in [5.74, 6) is -0.809.